The number of aromatic nitrogens is 2. The van der Waals surface area contributed by atoms with Gasteiger partial charge in [0.15, 0.2) is 5.16 Å². The lowest BCUT2D eigenvalue weighted by Crippen LogP contribution is -2.30. The van der Waals surface area contributed by atoms with Crippen LogP contribution in [0.2, 0.25) is 0 Å². The summed E-state index contributed by atoms with van der Waals surface area (Å²) in [7, 11) is 1.84. The molecule has 1 saturated heterocycles. The highest BCUT2D eigenvalue weighted by Crippen LogP contribution is 2.27. The highest BCUT2D eigenvalue weighted by Gasteiger charge is 2.32. The smallest absolute Gasteiger partial charge is 0.191 e. The average Bonchev–Trinajstić information content (AvgIpc) is 2.69. The van der Waals surface area contributed by atoms with E-state index in [0.717, 1.165) is 29.8 Å². The van der Waals surface area contributed by atoms with Crippen molar-refractivity contribution in [1.82, 2.24) is 9.97 Å². The predicted octanol–water partition coefficient (Wildman–Crippen LogP) is 1.20. The van der Waals surface area contributed by atoms with Crippen LogP contribution in [0, 0.1) is 0 Å². The second-order valence-electron chi connectivity index (χ2n) is 4.52. The Bertz CT molecular complexity index is 388. The maximum absolute atomic E-state index is 9.97. The van der Waals surface area contributed by atoms with Crippen molar-refractivity contribution in [2.45, 2.75) is 24.1 Å². The molecule has 2 heterocycles. The van der Waals surface area contributed by atoms with Crippen molar-refractivity contribution in [1.29, 1.82) is 0 Å². The van der Waals surface area contributed by atoms with Gasteiger partial charge in [0.05, 0.1) is 5.60 Å². The molecule has 6 heteroatoms. The van der Waals surface area contributed by atoms with Crippen molar-refractivity contribution in [2.75, 3.05) is 36.6 Å². The van der Waals surface area contributed by atoms with Gasteiger partial charge in [-0.1, -0.05) is 11.8 Å². The van der Waals surface area contributed by atoms with Crippen LogP contribution in [0.25, 0.3) is 0 Å². The van der Waals surface area contributed by atoms with Crippen LogP contribution < -0.4 is 10.2 Å². The van der Waals surface area contributed by atoms with Gasteiger partial charge < -0.3 is 15.3 Å². The fourth-order valence-electron chi connectivity index (χ4n) is 1.93. The molecule has 2 rings (SSSR count). The minimum absolute atomic E-state index is 0.607. The molecule has 5 nitrogen and oxygen atoms in total. The normalized spacial score (nSPS) is 24.1. The summed E-state index contributed by atoms with van der Waals surface area (Å²) in [6.45, 7) is 3.32. The third-order valence-corrected chi connectivity index (χ3v) is 3.45. The Morgan fingerprint density at radius 1 is 1.53 bits per heavy atom. The summed E-state index contributed by atoms with van der Waals surface area (Å²) in [6.07, 6.45) is 2.74. The van der Waals surface area contributed by atoms with Crippen molar-refractivity contribution in [3.63, 3.8) is 0 Å². The molecule has 1 aliphatic rings. The fourth-order valence-corrected chi connectivity index (χ4v) is 2.31. The summed E-state index contributed by atoms with van der Waals surface area (Å²) in [5, 5.41) is 13.8. The lowest BCUT2D eigenvalue weighted by molar-refractivity contribution is 0.0839. The molecule has 0 bridgehead atoms. The molecule has 1 aromatic heterocycles. The van der Waals surface area contributed by atoms with Crippen LogP contribution in [0.3, 0.4) is 0 Å². The lowest BCUT2D eigenvalue weighted by Gasteiger charge is -2.20. The summed E-state index contributed by atoms with van der Waals surface area (Å²) in [5.74, 6) is 1.69. The highest BCUT2D eigenvalue weighted by atomic mass is 32.2. The van der Waals surface area contributed by atoms with Crippen LogP contribution in [-0.2, 0) is 0 Å². The minimum atomic E-state index is -0.607. The maximum atomic E-state index is 9.97. The topological polar surface area (TPSA) is 61.3 Å². The van der Waals surface area contributed by atoms with Gasteiger partial charge in [0.1, 0.15) is 11.6 Å². The third kappa shape index (κ3) is 2.81. The van der Waals surface area contributed by atoms with E-state index in [1.165, 1.54) is 11.8 Å². The predicted molar refractivity (Wildman–Crippen MR) is 70.8 cm³/mol. The van der Waals surface area contributed by atoms with Crippen molar-refractivity contribution in [3.8, 4) is 0 Å². The van der Waals surface area contributed by atoms with E-state index in [0.29, 0.717) is 6.54 Å². The van der Waals surface area contributed by atoms with E-state index in [2.05, 4.69) is 20.2 Å². The molecule has 1 aliphatic heterocycles. The molecule has 1 aromatic rings. The van der Waals surface area contributed by atoms with E-state index >= 15 is 0 Å². The molecule has 0 saturated carbocycles. The summed E-state index contributed by atoms with van der Waals surface area (Å²) >= 11 is 1.52. The van der Waals surface area contributed by atoms with Crippen LogP contribution in [0.4, 0.5) is 11.6 Å². The Morgan fingerprint density at radius 2 is 2.29 bits per heavy atom. The second-order valence-corrected chi connectivity index (χ2v) is 5.29. The number of β-amino-alcohol motifs (C(OH)–C–C–N with tert-alkyl or cyclic N) is 1. The average molecular weight is 254 g/mol. The number of rotatable bonds is 3. The summed E-state index contributed by atoms with van der Waals surface area (Å²) in [5.41, 5.74) is -0.607. The summed E-state index contributed by atoms with van der Waals surface area (Å²) < 4.78 is 0. The van der Waals surface area contributed by atoms with Crippen molar-refractivity contribution in [3.05, 3.63) is 6.07 Å². The summed E-state index contributed by atoms with van der Waals surface area (Å²) in [4.78, 5) is 10.9. The SMILES string of the molecule is CNc1cc(N2CCC(C)(O)C2)nc(SC)n1. The number of anilines is 2. The number of hydrogen-bond acceptors (Lipinski definition) is 6. The molecule has 1 fully saturated rings. The van der Waals surface area contributed by atoms with E-state index < -0.39 is 5.60 Å². The van der Waals surface area contributed by atoms with Crippen LogP contribution in [0.5, 0.6) is 0 Å². The first-order valence-electron chi connectivity index (χ1n) is 5.62. The van der Waals surface area contributed by atoms with E-state index in [4.69, 9.17) is 0 Å². The molecule has 0 aliphatic carbocycles. The van der Waals surface area contributed by atoms with Gasteiger partial charge in [-0.25, -0.2) is 9.97 Å². The molecule has 0 aromatic carbocycles. The van der Waals surface area contributed by atoms with Crippen LogP contribution in [-0.4, -0.2) is 47.1 Å². The van der Waals surface area contributed by atoms with Gasteiger partial charge >= 0.3 is 0 Å². The van der Waals surface area contributed by atoms with Gasteiger partial charge in [-0.05, 0) is 19.6 Å². The third-order valence-electron chi connectivity index (χ3n) is 2.91. The van der Waals surface area contributed by atoms with E-state index in [9.17, 15) is 5.11 Å². The molecule has 0 amide bonds. The zero-order valence-electron chi connectivity index (χ0n) is 10.4. The number of nitrogens with one attached hydrogen (secondary N) is 1. The van der Waals surface area contributed by atoms with E-state index in [-0.39, 0.29) is 0 Å². The second kappa shape index (κ2) is 4.70. The van der Waals surface area contributed by atoms with Crippen molar-refractivity contribution < 1.29 is 5.11 Å². The van der Waals surface area contributed by atoms with Gasteiger partial charge in [-0.3, -0.25) is 0 Å². The van der Waals surface area contributed by atoms with Gasteiger partial charge in [-0.15, -0.1) is 0 Å². The Kier molecular flexibility index (Phi) is 3.44. The molecule has 1 unspecified atom stereocenters. The molecule has 2 N–H and O–H groups in total. The Balaban J connectivity index is 2.26. The monoisotopic (exact) mass is 254 g/mol. The fraction of sp³-hybridized carbons (Fsp3) is 0.636. The van der Waals surface area contributed by atoms with Gasteiger partial charge in [0, 0.05) is 26.2 Å². The van der Waals surface area contributed by atoms with Gasteiger partial charge in [0.2, 0.25) is 0 Å². The maximum Gasteiger partial charge on any atom is 0.191 e. The molecular formula is C11H18N4OS. The first-order chi connectivity index (χ1) is 8.04. The van der Waals surface area contributed by atoms with Crippen molar-refractivity contribution >= 4 is 23.4 Å². The molecular weight excluding hydrogens is 236 g/mol. The number of thioether (sulfide) groups is 1. The zero-order valence-corrected chi connectivity index (χ0v) is 11.2. The quantitative estimate of drug-likeness (QED) is 0.624. The molecule has 0 radical (unpaired) electrons. The Hall–Kier alpha value is -1.01. The lowest BCUT2D eigenvalue weighted by atomic mass is 10.1. The van der Waals surface area contributed by atoms with Gasteiger partial charge in [-0.2, -0.15) is 0 Å². The van der Waals surface area contributed by atoms with Crippen LogP contribution >= 0.6 is 11.8 Å². The Morgan fingerprint density at radius 3 is 2.82 bits per heavy atom. The summed E-state index contributed by atoms with van der Waals surface area (Å²) in [6, 6.07) is 1.92. The minimum Gasteiger partial charge on any atom is -0.388 e. The van der Waals surface area contributed by atoms with E-state index in [1.807, 2.05) is 26.3 Å². The molecule has 0 spiro atoms. The van der Waals surface area contributed by atoms with Crippen LogP contribution in [0.15, 0.2) is 11.2 Å². The standard InChI is InChI=1S/C11H18N4OS/c1-11(16)4-5-15(7-11)9-6-8(12-2)13-10(14-9)17-3/h6,16H,4-5,7H2,1-3H3,(H,12,13,14). The molecule has 94 valence electrons. The van der Waals surface area contributed by atoms with Crippen LogP contribution in [0.1, 0.15) is 13.3 Å². The highest BCUT2D eigenvalue weighted by molar-refractivity contribution is 7.98. The first-order valence-corrected chi connectivity index (χ1v) is 6.85. The Labute approximate surface area is 106 Å². The molecule has 17 heavy (non-hydrogen) atoms. The molecule has 1 atom stereocenters. The first kappa shape index (κ1) is 12.4. The van der Waals surface area contributed by atoms with Crippen molar-refractivity contribution in [2.24, 2.45) is 0 Å². The number of nitrogens with zero attached hydrogens (tertiary/aromatic N) is 3. The number of hydrogen-bond donors (Lipinski definition) is 2. The largest absolute Gasteiger partial charge is 0.388 e. The number of aliphatic hydroxyl groups is 1. The van der Waals surface area contributed by atoms with Gasteiger partial charge in [0.25, 0.3) is 0 Å². The van der Waals surface area contributed by atoms with E-state index in [1.54, 1.807) is 0 Å². The zero-order chi connectivity index (χ0) is 12.5.